The zero-order valence-corrected chi connectivity index (χ0v) is 14.8. The topological polar surface area (TPSA) is 89.3 Å². The maximum Gasteiger partial charge on any atom is 0.220 e. The molecule has 0 spiro atoms. The van der Waals surface area contributed by atoms with Crippen LogP contribution in [0.1, 0.15) is 64.7 Å². The van der Waals surface area contributed by atoms with Crippen LogP contribution in [0.3, 0.4) is 0 Å². The largest absolute Gasteiger partial charge is 0.391 e. The van der Waals surface area contributed by atoms with Crippen molar-refractivity contribution in [2.75, 3.05) is 0 Å². The van der Waals surface area contributed by atoms with Crippen molar-refractivity contribution >= 4 is 5.91 Å². The fraction of sp³-hybridized carbons (Fsp3) is 0.737. The highest BCUT2D eigenvalue weighted by Crippen LogP contribution is 2.23. The predicted molar refractivity (Wildman–Crippen MR) is 97.8 cm³/mol. The number of primary amides is 1. The Bertz CT molecular complexity index is 344. The van der Waals surface area contributed by atoms with E-state index in [0.717, 1.165) is 19.3 Å². The Morgan fingerprint density at radius 2 is 1.78 bits per heavy atom. The molecule has 0 aromatic rings. The average molecular weight is 325 g/mol. The number of hydrogen-bond donors (Lipinski definition) is 3. The van der Waals surface area contributed by atoms with E-state index < -0.39 is 17.9 Å². The Labute approximate surface area is 142 Å². The normalized spacial score (nSPS) is 16.3. The van der Waals surface area contributed by atoms with E-state index in [4.69, 9.17) is 11.5 Å². The monoisotopic (exact) mass is 324 g/mol. The van der Waals surface area contributed by atoms with Crippen LogP contribution in [0.15, 0.2) is 25.3 Å². The number of nitrogens with two attached hydrogens (primary N) is 2. The third kappa shape index (κ3) is 10.3. The zero-order valence-electron chi connectivity index (χ0n) is 14.8. The van der Waals surface area contributed by atoms with E-state index in [1.807, 2.05) is 6.08 Å². The quantitative estimate of drug-likeness (QED) is 0.319. The molecule has 134 valence electrons. The molecule has 0 aromatic heterocycles. The lowest BCUT2D eigenvalue weighted by molar-refractivity contribution is -0.122. The number of hydrogen-bond acceptors (Lipinski definition) is 3. The van der Waals surface area contributed by atoms with Crippen LogP contribution in [0.2, 0.25) is 0 Å². The van der Waals surface area contributed by atoms with E-state index >= 15 is 0 Å². The summed E-state index contributed by atoms with van der Waals surface area (Å²) in [5, 5.41) is 10.3. The van der Waals surface area contributed by atoms with Gasteiger partial charge in [-0.1, -0.05) is 51.2 Å². The van der Waals surface area contributed by atoms with Gasteiger partial charge in [-0.25, -0.2) is 0 Å². The van der Waals surface area contributed by atoms with Gasteiger partial charge in [0.05, 0.1) is 6.10 Å². The third-order valence-corrected chi connectivity index (χ3v) is 4.45. The van der Waals surface area contributed by atoms with Crippen LogP contribution < -0.4 is 11.5 Å². The van der Waals surface area contributed by atoms with Crippen molar-refractivity contribution in [1.82, 2.24) is 0 Å². The number of rotatable bonds is 15. The molecule has 0 heterocycles. The molecule has 0 radical (unpaired) electrons. The molecule has 0 fully saturated rings. The minimum atomic E-state index is -0.713. The van der Waals surface area contributed by atoms with Gasteiger partial charge >= 0.3 is 0 Å². The van der Waals surface area contributed by atoms with Gasteiger partial charge in [-0.05, 0) is 31.6 Å². The molecular formula is C19H36N2O2. The Morgan fingerprint density at radius 3 is 2.30 bits per heavy atom. The molecule has 0 aliphatic heterocycles. The van der Waals surface area contributed by atoms with Crippen molar-refractivity contribution in [2.24, 2.45) is 23.3 Å². The summed E-state index contributed by atoms with van der Waals surface area (Å²) in [6, 6.07) is -0.335. The van der Waals surface area contributed by atoms with Crippen LogP contribution >= 0.6 is 0 Å². The number of carbonyl (C=O) groups is 1. The van der Waals surface area contributed by atoms with Gasteiger partial charge in [0.15, 0.2) is 0 Å². The van der Waals surface area contributed by atoms with Gasteiger partial charge in [0, 0.05) is 12.0 Å². The summed E-state index contributed by atoms with van der Waals surface area (Å²) in [7, 11) is 0. The summed E-state index contributed by atoms with van der Waals surface area (Å²) in [6.45, 7) is 9.64. The van der Waals surface area contributed by atoms with E-state index in [1.54, 1.807) is 6.08 Å². The van der Waals surface area contributed by atoms with Crippen molar-refractivity contribution in [2.45, 2.75) is 76.9 Å². The first-order valence-electron chi connectivity index (χ1n) is 8.90. The van der Waals surface area contributed by atoms with Crippen molar-refractivity contribution in [3.63, 3.8) is 0 Å². The molecule has 4 heteroatoms. The van der Waals surface area contributed by atoms with Crippen LogP contribution in [-0.2, 0) is 4.79 Å². The van der Waals surface area contributed by atoms with Crippen LogP contribution in [0.5, 0.6) is 0 Å². The summed E-state index contributed by atoms with van der Waals surface area (Å²) in [4.78, 5) is 11.4. The van der Waals surface area contributed by atoms with Crippen molar-refractivity contribution < 1.29 is 9.90 Å². The molecule has 0 rings (SSSR count). The van der Waals surface area contributed by atoms with Gasteiger partial charge < -0.3 is 16.6 Å². The number of aliphatic hydroxyl groups excluding tert-OH is 1. The molecule has 0 aliphatic carbocycles. The lowest BCUT2D eigenvalue weighted by Gasteiger charge is -2.26. The second-order valence-electron chi connectivity index (χ2n) is 6.57. The van der Waals surface area contributed by atoms with E-state index in [9.17, 15) is 9.90 Å². The van der Waals surface area contributed by atoms with Crippen LogP contribution in [0.25, 0.3) is 0 Å². The standard InChI is InChI=1S/C19H36N2O2/c1-4-7-8-9-12-15(10-5-2)13-17(20)18(22)14-16(11-6-3)19(21)23/h5-6,15-18,22H,2-4,7-14,20H2,1H3,(H2,21,23)/t15?,16-,17?,18?/m0/s1. The van der Waals surface area contributed by atoms with E-state index in [0.29, 0.717) is 18.8 Å². The molecule has 0 saturated heterocycles. The maximum absolute atomic E-state index is 11.4. The minimum Gasteiger partial charge on any atom is -0.391 e. The van der Waals surface area contributed by atoms with Crippen LogP contribution in [0, 0.1) is 11.8 Å². The van der Waals surface area contributed by atoms with Gasteiger partial charge in [0.25, 0.3) is 0 Å². The van der Waals surface area contributed by atoms with Crippen molar-refractivity contribution in [3.8, 4) is 0 Å². The first-order valence-corrected chi connectivity index (χ1v) is 8.90. The summed E-state index contributed by atoms with van der Waals surface area (Å²) < 4.78 is 0. The highest BCUT2D eigenvalue weighted by Gasteiger charge is 2.24. The number of allylic oxidation sites excluding steroid dienone is 2. The second-order valence-corrected chi connectivity index (χ2v) is 6.57. The van der Waals surface area contributed by atoms with Crippen LogP contribution in [-0.4, -0.2) is 23.2 Å². The molecule has 5 N–H and O–H groups in total. The fourth-order valence-corrected chi connectivity index (χ4v) is 2.97. The SMILES string of the molecule is C=CCC(CCCCCC)CC(N)C(O)C[C@H](CC=C)C(N)=O. The predicted octanol–water partition coefficient (Wildman–Crippen LogP) is 3.30. The molecule has 3 unspecified atom stereocenters. The molecular weight excluding hydrogens is 288 g/mol. The Balaban J connectivity index is 4.40. The van der Waals surface area contributed by atoms with Gasteiger partial charge in [-0.2, -0.15) is 0 Å². The molecule has 23 heavy (non-hydrogen) atoms. The number of amides is 1. The first kappa shape index (κ1) is 21.9. The van der Waals surface area contributed by atoms with E-state index in [-0.39, 0.29) is 6.04 Å². The van der Waals surface area contributed by atoms with Crippen molar-refractivity contribution in [1.29, 1.82) is 0 Å². The molecule has 4 nitrogen and oxygen atoms in total. The highest BCUT2D eigenvalue weighted by molar-refractivity contribution is 5.76. The summed E-state index contributed by atoms with van der Waals surface area (Å²) in [6.07, 6.45) is 11.3. The molecule has 4 atom stereocenters. The molecule has 1 amide bonds. The lowest BCUT2D eigenvalue weighted by atomic mass is 9.86. The Morgan fingerprint density at radius 1 is 1.13 bits per heavy atom. The number of carbonyl (C=O) groups excluding carboxylic acids is 1. The molecule has 0 saturated carbocycles. The van der Waals surface area contributed by atoms with Crippen LogP contribution in [0.4, 0.5) is 0 Å². The molecule has 0 aromatic carbocycles. The smallest absolute Gasteiger partial charge is 0.220 e. The summed E-state index contributed by atoms with van der Waals surface area (Å²) >= 11 is 0. The fourth-order valence-electron chi connectivity index (χ4n) is 2.97. The number of unbranched alkanes of at least 4 members (excludes halogenated alkanes) is 3. The van der Waals surface area contributed by atoms with E-state index in [2.05, 4.69) is 20.1 Å². The van der Waals surface area contributed by atoms with Gasteiger partial charge in [0.2, 0.25) is 5.91 Å². The molecule has 0 aliphatic rings. The zero-order chi connectivity index (χ0) is 17.7. The Kier molecular flexibility index (Phi) is 12.7. The summed E-state index contributed by atoms with van der Waals surface area (Å²) in [5.41, 5.74) is 11.5. The maximum atomic E-state index is 11.4. The first-order chi connectivity index (χ1) is 11.0. The third-order valence-electron chi connectivity index (χ3n) is 4.45. The number of aliphatic hydroxyl groups is 1. The summed E-state index contributed by atoms with van der Waals surface area (Å²) in [5.74, 6) is -0.352. The highest BCUT2D eigenvalue weighted by atomic mass is 16.3. The lowest BCUT2D eigenvalue weighted by Crippen LogP contribution is -2.39. The van der Waals surface area contributed by atoms with E-state index in [1.165, 1.54) is 25.7 Å². The average Bonchev–Trinajstić information content (AvgIpc) is 2.50. The minimum absolute atomic E-state index is 0.305. The van der Waals surface area contributed by atoms with Crippen molar-refractivity contribution in [3.05, 3.63) is 25.3 Å². The van der Waals surface area contributed by atoms with Gasteiger partial charge in [-0.15, -0.1) is 13.2 Å². The molecule has 0 bridgehead atoms. The second kappa shape index (κ2) is 13.3. The van der Waals surface area contributed by atoms with Gasteiger partial charge in [0.1, 0.15) is 0 Å². The Hall–Kier alpha value is -1.13. The van der Waals surface area contributed by atoms with Gasteiger partial charge in [-0.3, -0.25) is 4.79 Å².